The van der Waals surface area contributed by atoms with Crippen molar-refractivity contribution in [1.29, 1.82) is 0 Å². The summed E-state index contributed by atoms with van der Waals surface area (Å²) >= 11 is 1.33. The molecule has 0 saturated carbocycles. The molecule has 2 heterocycles. The lowest BCUT2D eigenvalue weighted by atomic mass is 10.1. The van der Waals surface area contributed by atoms with E-state index in [0.717, 1.165) is 11.4 Å². The molecule has 6 heteroatoms. The minimum absolute atomic E-state index is 0.258. The molecule has 1 amide bonds. The first-order chi connectivity index (χ1) is 8.08. The molecule has 2 atom stereocenters. The molecule has 4 nitrogen and oxygen atoms in total. The normalized spacial score (nSPS) is 24.6. The monoisotopic (exact) mass is 258 g/mol. The summed E-state index contributed by atoms with van der Waals surface area (Å²) in [7, 11) is 0. The molecule has 2 rings (SSSR count). The summed E-state index contributed by atoms with van der Waals surface area (Å²) in [5.41, 5.74) is 0.692. The zero-order valence-electron chi connectivity index (χ0n) is 9.83. The third kappa shape index (κ3) is 2.81. The van der Waals surface area contributed by atoms with E-state index in [2.05, 4.69) is 10.3 Å². The number of hydrogen-bond acceptors (Lipinski definition) is 4. The van der Waals surface area contributed by atoms with E-state index < -0.39 is 12.4 Å². The van der Waals surface area contributed by atoms with Crippen LogP contribution in [0.2, 0.25) is 0 Å². The van der Waals surface area contributed by atoms with Crippen molar-refractivity contribution in [3.8, 4) is 0 Å². The highest BCUT2D eigenvalue weighted by molar-refractivity contribution is 7.13. The van der Waals surface area contributed by atoms with Crippen LogP contribution in [0, 0.1) is 13.8 Å². The Kier molecular flexibility index (Phi) is 3.73. The zero-order valence-corrected chi connectivity index (χ0v) is 10.6. The molecule has 0 bridgehead atoms. The Morgan fingerprint density at radius 1 is 1.59 bits per heavy atom. The smallest absolute Gasteiger partial charge is 0.263 e. The van der Waals surface area contributed by atoms with Crippen LogP contribution >= 0.6 is 11.3 Å². The van der Waals surface area contributed by atoms with Gasteiger partial charge in [0.25, 0.3) is 5.91 Å². The van der Waals surface area contributed by atoms with Gasteiger partial charge in [0.2, 0.25) is 6.36 Å². The molecule has 0 aliphatic carbocycles. The number of amides is 1. The number of nitrogens with zero attached hydrogens (tertiary/aromatic N) is 1. The van der Waals surface area contributed by atoms with E-state index in [1.165, 1.54) is 11.3 Å². The molecule has 1 aromatic heterocycles. The van der Waals surface area contributed by atoms with Gasteiger partial charge in [-0.05, 0) is 26.7 Å². The molecule has 2 unspecified atom stereocenters. The van der Waals surface area contributed by atoms with Crippen molar-refractivity contribution in [2.75, 3.05) is 6.61 Å². The van der Waals surface area contributed by atoms with Gasteiger partial charge in [-0.3, -0.25) is 4.79 Å². The van der Waals surface area contributed by atoms with Crippen LogP contribution in [0.3, 0.4) is 0 Å². The van der Waals surface area contributed by atoms with Gasteiger partial charge in [0.15, 0.2) is 0 Å². The van der Waals surface area contributed by atoms with Crippen LogP contribution in [0.5, 0.6) is 0 Å². The standard InChI is InChI=1S/C11H15FN2O2S/c1-6-9(17-7(2)13-6)11(15)14-8-4-3-5-16-10(8)12/h8,10H,3-5H2,1-2H3,(H,14,15). The second kappa shape index (κ2) is 5.10. The van der Waals surface area contributed by atoms with E-state index in [9.17, 15) is 9.18 Å². The summed E-state index contributed by atoms with van der Waals surface area (Å²) in [6.07, 6.45) is -0.0162. The van der Waals surface area contributed by atoms with Crippen LogP contribution in [0.15, 0.2) is 0 Å². The van der Waals surface area contributed by atoms with Crippen LogP contribution in [-0.4, -0.2) is 29.9 Å². The van der Waals surface area contributed by atoms with E-state index >= 15 is 0 Å². The Labute approximate surface area is 103 Å². The molecule has 1 aromatic rings. The van der Waals surface area contributed by atoms with Crippen molar-refractivity contribution in [3.63, 3.8) is 0 Å². The molecule has 94 valence electrons. The first-order valence-electron chi connectivity index (χ1n) is 5.58. The molecule has 1 N–H and O–H groups in total. The van der Waals surface area contributed by atoms with E-state index in [0.29, 0.717) is 23.6 Å². The van der Waals surface area contributed by atoms with Gasteiger partial charge in [0.1, 0.15) is 4.88 Å². The van der Waals surface area contributed by atoms with Gasteiger partial charge in [0.05, 0.1) is 23.4 Å². The summed E-state index contributed by atoms with van der Waals surface area (Å²) in [5, 5.41) is 3.51. The highest BCUT2D eigenvalue weighted by Crippen LogP contribution is 2.19. The molecule has 1 fully saturated rings. The van der Waals surface area contributed by atoms with Crippen molar-refractivity contribution in [2.45, 2.75) is 39.1 Å². The van der Waals surface area contributed by atoms with Crippen LogP contribution in [0.1, 0.15) is 33.2 Å². The maximum Gasteiger partial charge on any atom is 0.263 e. The average Bonchev–Trinajstić information content (AvgIpc) is 2.61. The van der Waals surface area contributed by atoms with Crippen molar-refractivity contribution >= 4 is 17.2 Å². The fraction of sp³-hybridized carbons (Fsp3) is 0.636. The topological polar surface area (TPSA) is 51.2 Å². The number of carbonyl (C=O) groups excluding carboxylic acids is 1. The number of ether oxygens (including phenoxy) is 1. The molecule has 0 radical (unpaired) electrons. The largest absolute Gasteiger partial charge is 0.347 e. The maximum absolute atomic E-state index is 13.4. The van der Waals surface area contributed by atoms with E-state index in [1.54, 1.807) is 6.92 Å². The predicted octanol–water partition coefficient (Wildman–Crippen LogP) is 1.96. The minimum Gasteiger partial charge on any atom is -0.347 e. The molecule has 17 heavy (non-hydrogen) atoms. The van der Waals surface area contributed by atoms with Crippen molar-refractivity contribution < 1.29 is 13.9 Å². The Bertz CT molecular complexity index is 422. The molecule has 1 aliphatic rings. The minimum atomic E-state index is -1.40. The SMILES string of the molecule is Cc1nc(C)c(C(=O)NC2CCCOC2F)s1. The number of nitrogens with one attached hydrogen (secondary N) is 1. The quantitative estimate of drug-likeness (QED) is 0.882. The van der Waals surface area contributed by atoms with Crippen molar-refractivity contribution in [2.24, 2.45) is 0 Å². The molecule has 1 aliphatic heterocycles. The number of aryl methyl sites for hydroxylation is 2. The molecule has 0 aromatic carbocycles. The lowest BCUT2D eigenvalue weighted by molar-refractivity contribution is -0.0871. The number of hydrogen-bond donors (Lipinski definition) is 1. The first-order valence-corrected chi connectivity index (χ1v) is 6.40. The van der Waals surface area contributed by atoms with Gasteiger partial charge in [-0.1, -0.05) is 0 Å². The maximum atomic E-state index is 13.4. The van der Waals surface area contributed by atoms with E-state index in [4.69, 9.17) is 4.74 Å². The van der Waals surface area contributed by atoms with Gasteiger partial charge in [0, 0.05) is 0 Å². The second-order valence-corrected chi connectivity index (χ2v) is 5.29. The fourth-order valence-corrected chi connectivity index (χ4v) is 2.68. The lowest BCUT2D eigenvalue weighted by Crippen LogP contribution is -2.45. The third-order valence-electron chi connectivity index (χ3n) is 2.68. The Morgan fingerprint density at radius 3 is 2.94 bits per heavy atom. The number of carbonyl (C=O) groups is 1. The van der Waals surface area contributed by atoms with Crippen LogP contribution in [-0.2, 0) is 4.74 Å². The molecule has 1 saturated heterocycles. The number of alkyl halides is 1. The summed E-state index contributed by atoms with van der Waals surface area (Å²) in [6, 6.07) is -0.543. The summed E-state index contributed by atoms with van der Waals surface area (Å²) in [5.74, 6) is -0.258. The first kappa shape index (κ1) is 12.4. The molecule has 0 spiro atoms. The molecular weight excluding hydrogens is 243 g/mol. The van der Waals surface area contributed by atoms with Crippen LogP contribution in [0.25, 0.3) is 0 Å². The second-order valence-electron chi connectivity index (χ2n) is 4.09. The summed E-state index contributed by atoms with van der Waals surface area (Å²) in [6.45, 7) is 4.05. The van der Waals surface area contributed by atoms with Gasteiger partial charge >= 0.3 is 0 Å². The van der Waals surface area contributed by atoms with Crippen LogP contribution < -0.4 is 5.32 Å². The lowest BCUT2D eigenvalue weighted by Gasteiger charge is -2.26. The number of halogens is 1. The van der Waals surface area contributed by atoms with E-state index in [-0.39, 0.29) is 5.91 Å². The number of thiazole rings is 1. The number of aromatic nitrogens is 1. The highest BCUT2D eigenvalue weighted by atomic mass is 32.1. The summed E-state index contributed by atoms with van der Waals surface area (Å²) < 4.78 is 18.2. The van der Waals surface area contributed by atoms with Crippen LogP contribution in [0.4, 0.5) is 4.39 Å². The Balaban J connectivity index is 2.03. The average molecular weight is 258 g/mol. The van der Waals surface area contributed by atoms with Gasteiger partial charge < -0.3 is 10.1 Å². The number of rotatable bonds is 2. The third-order valence-corrected chi connectivity index (χ3v) is 3.75. The Morgan fingerprint density at radius 2 is 2.35 bits per heavy atom. The van der Waals surface area contributed by atoms with Gasteiger partial charge in [-0.2, -0.15) is 0 Å². The fourth-order valence-electron chi connectivity index (χ4n) is 1.86. The van der Waals surface area contributed by atoms with E-state index in [1.807, 2.05) is 6.92 Å². The Hall–Kier alpha value is -1.01. The van der Waals surface area contributed by atoms with Gasteiger partial charge in [-0.15, -0.1) is 11.3 Å². The highest BCUT2D eigenvalue weighted by Gasteiger charge is 2.28. The zero-order chi connectivity index (χ0) is 12.4. The summed E-state index contributed by atoms with van der Waals surface area (Å²) in [4.78, 5) is 16.7. The molecular formula is C11H15FN2O2S. The van der Waals surface area contributed by atoms with Crippen molar-refractivity contribution in [1.82, 2.24) is 10.3 Å². The van der Waals surface area contributed by atoms with Crippen molar-refractivity contribution in [3.05, 3.63) is 15.6 Å². The predicted molar refractivity (Wildman–Crippen MR) is 62.9 cm³/mol. The van der Waals surface area contributed by atoms with Gasteiger partial charge in [-0.25, -0.2) is 9.37 Å².